The van der Waals surface area contributed by atoms with E-state index in [0.717, 1.165) is 39.0 Å². The highest BCUT2D eigenvalue weighted by atomic mass is 35.5. The van der Waals surface area contributed by atoms with Crippen LogP contribution < -0.4 is 10.1 Å². The summed E-state index contributed by atoms with van der Waals surface area (Å²) in [6, 6.07) is 13.4. The zero-order valence-electron chi connectivity index (χ0n) is 16.1. The van der Waals surface area contributed by atoms with E-state index in [2.05, 4.69) is 16.4 Å². The van der Waals surface area contributed by atoms with E-state index in [0.29, 0.717) is 17.6 Å². The smallest absolute Gasteiger partial charge is 0.223 e. The summed E-state index contributed by atoms with van der Waals surface area (Å²) in [7, 11) is 0. The van der Waals surface area contributed by atoms with Crippen LogP contribution in [-0.2, 0) is 11.2 Å². The molecule has 8 heteroatoms. The first-order chi connectivity index (χ1) is 14.6. The van der Waals surface area contributed by atoms with Crippen molar-refractivity contribution in [2.45, 2.75) is 13.3 Å². The van der Waals surface area contributed by atoms with Crippen molar-refractivity contribution in [2.75, 3.05) is 11.9 Å². The highest BCUT2D eigenvalue weighted by molar-refractivity contribution is 7.19. The van der Waals surface area contributed by atoms with Crippen LogP contribution in [0.1, 0.15) is 12.5 Å². The van der Waals surface area contributed by atoms with Gasteiger partial charge in [-0.1, -0.05) is 23.7 Å². The number of nitrogens with one attached hydrogen (secondary N) is 1. The molecule has 0 bridgehead atoms. The minimum atomic E-state index is -0.197. The monoisotopic (exact) mass is 436 g/mol. The second-order valence-electron chi connectivity index (χ2n) is 6.87. The molecule has 0 radical (unpaired) electrons. The van der Waals surface area contributed by atoms with Gasteiger partial charge in [0.15, 0.2) is 0 Å². The molecule has 4 aromatic rings. The molecule has 0 atom stereocenters. The van der Waals surface area contributed by atoms with E-state index >= 15 is 0 Å². The van der Waals surface area contributed by atoms with E-state index in [1.54, 1.807) is 22.1 Å². The maximum Gasteiger partial charge on any atom is 0.223 e. The Morgan fingerprint density at radius 3 is 2.97 bits per heavy atom. The van der Waals surface area contributed by atoms with Crippen LogP contribution in [0.4, 0.5) is 5.95 Å². The van der Waals surface area contributed by atoms with Gasteiger partial charge in [-0.15, -0.1) is 11.3 Å². The molecule has 1 N–H and O–H groups in total. The predicted molar refractivity (Wildman–Crippen MR) is 119 cm³/mol. The van der Waals surface area contributed by atoms with E-state index < -0.39 is 0 Å². The molecule has 150 valence electrons. The van der Waals surface area contributed by atoms with Crippen LogP contribution >= 0.6 is 22.9 Å². The molecule has 0 saturated heterocycles. The molecule has 0 unspecified atom stereocenters. The zero-order valence-corrected chi connectivity index (χ0v) is 17.6. The minimum absolute atomic E-state index is 0.197. The van der Waals surface area contributed by atoms with Gasteiger partial charge in [0.25, 0.3) is 0 Å². The molecular formula is C22H17ClN4O2S. The van der Waals surface area contributed by atoms with Gasteiger partial charge in [-0.05, 0) is 35.9 Å². The third-order valence-electron chi connectivity index (χ3n) is 4.78. The fourth-order valence-corrected chi connectivity index (χ4v) is 4.86. The predicted octanol–water partition coefficient (Wildman–Crippen LogP) is 5.21. The number of fused-ring (bicyclic) bond motifs is 3. The average Bonchev–Trinajstić information content (AvgIpc) is 3.29. The van der Waals surface area contributed by atoms with Gasteiger partial charge in [0.2, 0.25) is 11.9 Å². The number of amides is 1. The van der Waals surface area contributed by atoms with Crippen LogP contribution in [0.15, 0.2) is 54.9 Å². The van der Waals surface area contributed by atoms with Crippen LogP contribution in [0.25, 0.3) is 26.8 Å². The normalized spacial score (nSPS) is 12.5. The number of nitrogens with zero attached hydrogens (tertiary/aromatic N) is 3. The summed E-state index contributed by atoms with van der Waals surface area (Å²) in [4.78, 5) is 23.1. The molecule has 0 spiro atoms. The van der Waals surface area contributed by atoms with Gasteiger partial charge in [-0.3, -0.25) is 19.7 Å². The zero-order chi connectivity index (χ0) is 20.7. The molecule has 4 heterocycles. The van der Waals surface area contributed by atoms with Gasteiger partial charge in [0, 0.05) is 25.7 Å². The number of rotatable bonds is 3. The van der Waals surface area contributed by atoms with E-state index in [4.69, 9.17) is 21.3 Å². The third-order valence-corrected chi connectivity index (χ3v) is 6.31. The lowest BCUT2D eigenvalue weighted by Gasteiger charge is -2.08. The number of carbonyl (C=O) groups excluding carboxylic acids is 1. The number of benzene rings is 1. The summed E-state index contributed by atoms with van der Waals surface area (Å²) in [5, 5.41) is 3.38. The first-order valence-electron chi connectivity index (χ1n) is 9.43. The standard InChI is InChI=1S/C22H17ClN4O2S/c1-13(28)25-22-26-16(12-27(22)17-6-3-2-5-15(17)23)19-11-14-8-10-29-18-7-4-9-24-20(18)21(14)30-19/h2-7,9,11-12H,8,10H2,1H3,(H,25,26,28). The lowest BCUT2D eigenvalue weighted by atomic mass is 10.1. The van der Waals surface area contributed by atoms with Gasteiger partial charge in [-0.2, -0.15) is 0 Å². The Morgan fingerprint density at radius 2 is 2.13 bits per heavy atom. The van der Waals surface area contributed by atoms with Crippen molar-refractivity contribution in [3.05, 3.63) is 65.4 Å². The maximum absolute atomic E-state index is 11.7. The molecule has 0 aliphatic carbocycles. The number of aromatic nitrogens is 3. The molecular weight excluding hydrogens is 420 g/mol. The number of para-hydroxylation sites is 1. The molecule has 1 amide bonds. The number of hydrogen-bond donors (Lipinski definition) is 1. The van der Waals surface area contributed by atoms with Crippen molar-refractivity contribution in [3.63, 3.8) is 0 Å². The van der Waals surface area contributed by atoms with Crippen LogP contribution in [-0.4, -0.2) is 27.0 Å². The number of anilines is 1. The Hall–Kier alpha value is -3.16. The Bertz CT molecular complexity index is 1260. The first kappa shape index (κ1) is 18.8. The Morgan fingerprint density at radius 1 is 1.27 bits per heavy atom. The molecule has 6 nitrogen and oxygen atoms in total. The highest BCUT2D eigenvalue weighted by Gasteiger charge is 2.22. The van der Waals surface area contributed by atoms with Crippen LogP contribution in [0.2, 0.25) is 5.02 Å². The minimum Gasteiger partial charge on any atom is -0.491 e. The number of imidazole rings is 1. The summed E-state index contributed by atoms with van der Waals surface area (Å²) in [6.45, 7) is 2.06. The summed E-state index contributed by atoms with van der Waals surface area (Å²) in [5.74, 6) is 1.03. The van der Waals surface area contributed by atoms with E-state index in [9.17, 15) is 4.79 Å². The van der Waals surface area contributed by atoms with Crippen molar-refractivity contribution in [1.82, 2.24) is 14.5 Å². The Labute approximate surface area is 182 Å². The molecule has 1 aliphatic rings. The quantitative estimate of drug-likeness (QED) is 0.478. The highest BCUT2D eigenvalue weighted by Crippen LogP contribution is 2.42. The number of hydrogen-bond acceptors (Lipinski definition) is 5. The van der Waals surface area contributed by atoms with Crippen LogP contribution in [0.3, 0.4) is 0 Å². The van der Waals surface area contributed by atoms with Gasteiger partial charge < -0.3 is 4.74 Å². The van der Waals surface area contributed by atoms with E-state index in [-0.39, 0.29) is 5.91 Å². The maximum atomic E-state index is 11.7. The summed E-state index contributed by atoms with van der Waals surface area (Å²) >= 11 is 8.02. The second kappa shape index (κ2) is 7.59. The van der Waals surface area contributed by atoms with Gasteiger partial charge in [0.05, 0.1) is 27.1 Å². The molecule has 3 aromatic heterocycles. The van der Waals surface area contributed by atoms with Crippen molar-refractivity contribution in [1.29, 1.82) is 0 Å². The average molecular weight is 437 g/mol. The van der Waals surface area contributed by atoms with Crippen LogP contribution in [0, 0.1) is 0 Å². The van der Waals surface area contributed by atoms with Crippen LogP contribution in [0.5, 0.6) is 5.75 Å². The summed E-state index contributed by atoms with van der Waals surface area (Å²) in [5.41, 5.74) is 3.55. The molecule has 30 heavy (non-hydrogen) atoms. The molecule has 5 rings (SSSR count). The Kier molecular flexibility index (Phi) is 4.77. The van der Waals surface area contributed by atoms with Crippen molar-refractivity contribution in [3.8, 4) is 32.6 Å². The van der Waals surface area contributed by atoms with Crippen molar-refractivity contribution in [2.24, 2.45) is 0 Å². The molecule has 0 saturated carbocycles. The number of halogens is 1. The summed E-state index contributed by atoms with van der Waals surface area (Å²) < 4.78 is 7.64. The second-order valence-corrected chi connectivity index (χ2v) is 8.33. The molecule has 1 aliphatic heterocycles. The topological polar surface area (TPSA) is 69.0 Å². The first-order valence-corrected chi connectivity index (χ1v) is 10.6. The fraction of sp³-hybridized carbons (Fsp3) is 0.136. The number of thiophene rings is 1. The fourth-order valence-electron chi connectivity index (χ4n) is 3.46. The van der Waals surface area contributed by atoms with Gasteiger partial charge in [0.1, 0.15) is 17.1 Å². The number of ether oxygens (including phenoxy) is 1. The lowest BCUT2D eigenvalue weighted by molar-refractivity contribution is -0.114. The Balaban J connectivity index is 1.63. The van der Waals surface area contributed by atoms with Gasteiger partial charge in [-0.25, -0.2) is 4.98 Å². The third kappa shape index (κ3) is 3.36. The lowest BCUT2D eigenvalue weighted by Crippen LogP contribution is -2.11. The molecule has 0 fully saturated rings. The van der Waals surface area contributed by atoms with Crippen molar-refractivity contribution < 1.29 is 9.53 Å². The van der Waals surface area contributed by atoms with Crippen molar-refractivity contribution >= 4 is 34.8 Å². The van der Waals surface area contributed by atoms with E-state index in [1.807, 2.05) is 42.6 Å². The van der Waals surface area contributed by atoms with Gasteiger partial charge >= 0.3 is 0 Å². The number of carbonyl (C=O) groups is 1. The largest absolute Gasteiger partial charge is 0.491 e. The molecule has 1 aromatic carbocycles. The number of pyridine rings is 1. The SMILES string of the molecule is CC(=O)Nc1nc(-c2cc3c(s2)-c2ncccc2OCC3)cn1-c1ccccc1Cl. The van der Waals surface area contributed by atoms with E-state index in [1.165, 1.54) is 12.5 Å². The summed E-state index contributed by atoms with van der Waals surface area (Å²) in [6.07, 6.45) is 4.47.